The molecule has 3 heterocycles. The Morgan fingerprint density at radius 1 is 1.36 bits per heavy atom. The van der Waals surface area contributed by atoms with Crippen LogP contribution in [0.15, 0.2) is 17.8 Å². The van der Waals surface area contributed by atoms with Crippen molar-refractivity contribution in [3.8, 4) is 0 Å². The molecule has 2 amide bonds. The van der Waals surface area contributed by atoms with Crippen molar-refractivity contribution in [3.63, 3.8) is 0 Å². The van der Waals surface area contributed by atoms with Crippen molar-refractivity contribution in [2.24, 2.45) is 18.9 Å². The topological polar surface area (TPSA) is 95.8 Å². The third-order valence-corrected chi connectivity index (χ3v) is 6.19. The third kappa shape index (κ3) is 3.35. The van der Waals surface area contributed by atoms with Gasteiger partial charge in [0.2, 0.25) is 15.9 Å². The molecule has 2 atom stereocenters. The molecule has 0 radical (unpaired) electrons. The number of nitrogens with zero attached hydrogens (tertiary/aromatic N) is 5. The van der Waals surface area contributed by atoms with Gasteiger partial charge in [-0.05, 0) is 32.2 Å². The molecule has 10 heteroatoms. The number of rotatable bonds is 5. The number of carbonyl (C=O) groups excluding carboxylic acids is 2. The van der Waals surface area contributed by atoms with E-state index in [0.29, 0.717) is 17.9 Å². The highest BCUT2D eigenvalue weighted by Gasteiger charge is 2.55. The van der Waals surface area contributed by atoms with Gasteiger partial charge in [-0.2, -0.15) is 5.10 Å². The van der Waals surface area contributed by atoms with Gasteiger partial charge in [0.15, 0.2) is 0 Å². The Morgan fingerprint density at radius 3 is 2.54 bits per heavy atom. The molecule has 0 saturated carbocycles. The Kier molecular flexibility index (Phi) is 5.13. The van der Waals surface area contributed by atoms with Crippen molar-refractivity contribution < 1.29 is 18.0 Å². The fourth-order valence-corrected chi connectivity index (χ4v) is 5.07. The average molecular weight is 410 g/mol. The summed E-state index contributed by atoms with van der Waals surface area (Å²) in [4.78, 5) is 29.7. The lowest BCUT2D eigenvalue weighted by atomic mass is 9.89. The Labute approximate surface area is 165 Å². The third-order valence-electron chi connectivity index (χ3n) is 5.13. The highest BCUT2D eigenvalue weighted by molar-refractivity contribution is 7.89. The van der Waals surface area contributed by atoms with Gasteiger partial charge in [-0.1, -0.05) is 13.8 Å². The van der Waals surface area contributed by atoms with Crippen LogP contribution >= 0.6 is 0 Å². The number of hydrogen-bond acceptors (Lipinski definition) is 6. The van der Waals surface area contributed by atoms with Crippen LogP contribution in [0.1, 0.15) is 30.0 Å². The number of aromatic nitrogens is 2. The smallest absolute Gasteiger partial charge is 0.272 e. The summed E-state index contributed by atoms with van der Waals surface area (Å²) in [5.41, 5.74) is 1.57. The maximum Gasteiger partial charge on any atom is 0.272 e. The molecule has 1 fully saturated rings. The predicted molar refractivity (Wildman–Crippen MR) is 104 cm³/mol. The minimum Gasteiger partial charge on any atom is -0.324 e. The molecule has 1 saturated heterocycles. The zero-order chi connectivity index (χ0) is 21.0. The molecule has 0 unspecified atom stereocenters. The van der Waals surface area contributed by atoms with E-state index in [1.165, 1.54) is 4.68 Å². The Bertz CT molecular complexity index is 947. The molecule has 0 bridgehead atoms. The van der Waals surface area contributed by atoms with E-state index in [1.54, 1.807) is 24.1 Å². The molecular formula is C18H27N5O4S. The summed E-state index contributed by atoms with van der Waals surface area (Å²) < 4.78 is 26.8. The summed E-state index contributed by atoms with van der Waals surface area (Å²) in [6, 6.07) is 1.16. The zero-order valence-corrected chi connectivity index (χ0v) is 17.9. The average Bonchev–Trinajstić information content (AvgIpc) is 3.16. The molecule has 1 aromatic rings. The monoisotopic (exact) mass is 409 g/mol. The standard InChI is InChI=1S/C18H27N5O4S/c1-11(2)15-16-13(23(18(15)25)28(6,26)27)7-8-22(16)17(24)14-9-12(10-20(3)4)19-21(14)5/h7,9,11,15-16H,8,10H2,1-6H3/t15-,16+/m1/s1. The lowest BCUT2D eigenvalue weighted by Gasteiger charge is -2.28. The molecule has 2 aliphatic rings. The minimum absolute atomic E-state index is 0.114. The molecule has 1 aromatic heterocycles. The van der Waals surface area contributed by atoms with Crippen LogP contribution < -0.4 is 0 Å². The highest BCUT2D eigenvalue weighted by atomic mass is 32.2. The van der Waals surface area contributed by atoms with Crippen LogP contribution in [0.2, 0.25) is 0 Å². The maximum absolute atomic E-state index is 13.3. The molecule has 0 aliphatic carbocycles. The highest BCUT2D eigenvalue weighted by Crippen LogP contribution is 2.41. The van der Waals surface area contributed by atoms with Crippen molar-refractivity contribution in [3.05, 3.63) is 29.2 Å². The molecule has 9 nitrogen and oxygen atoms in total. The summed E-state index contributed by atoms with van der Waals surface area (Å²) in [6.07, 6.45) is 2.69. The van der Waals surface area contributed by atoms with Gasteiger partial charge < -0.3 is 9.80 Å². The van der Waals surface area contributed by atoms with E-state index in [2.05, 4.69) is 5.10 Å². The number of carbonyl (C=O) groups is 2. The van der Waals surface area contributed by atoms with Crippen LogP contribution in [0.25, 0.3) is 0 Å². The molecule has 3 rings (SSSR count). The van der Waals surface area contributed by atoms with Gasteiger partial charge in [0.05, 0.1) is 29.6 Å². The Balaban J connectivity index is 1.96. The molecule has 154 valence electrons. The van der Waals surface area contributed by atoms with Crippen LogP contribution in [0.4, 0.5) is 0 Å². The van der Waals surface area contributed by atoms with E-state index < -0.39 is 27.9 Å². The molecule has 2 aliphatic heterocycles. The summed E-state index contributed by atoms with van der Waals surface area (Å²) >= 11 is 0. The van der Waals surface area contributed by atoms with Crippen LogP contribution in [-0.2, 0) is 28.4 Å². The maximum atomic E-state index is 13.3. The summed E-state index contributed by atoms with van der Waals surface area (Å²) in [7, 11) is 1.80. The second-order valence-corrected chi connectivity index (χ2v) is 9.88. The quantitative estimate of drug-likeness (QED) is 0.692. The van der Waals surface area contributed by atoms with E-state index in [4.69, 9.17) is 0 Å². The van der Waals surface area contributed by atoms with Crippen molar-refractivity contribution in [1.29, 1.82) is 0 Å². The number of fused-ring (bicyclic) bond motifs is 1. The van der Waals surface area contributed by atoms with Gasteiger partial charge in [-0.3, -0.25) is 14.3 Å². The van der Waals surface area contributed by atoms with Crippen molar-refractivity contribution in [1.82, 2.24) is 23.9 Å². The van der Waals surface area contributed by atoms with Crippen molar-refractivity contribution in [2.45, 2.75) is 26.4 Å². The lowest BCUT2D eigenvalue weighted by molar-refractivity contribution is -0.128. The Morgan fingerprint density at radius 2 is 2.00 bits per heavy atom. The first-order valence-electron chi connectivity index (χ1n) is 9.16. The largest absolute Gasteiger partial charge is 0.324 e. The second kappa shape index (κ2) is 7.00. The SMILES string of the molecule is CC(C)[C@H]1C(=O)N(S(C)(=O)=O)C2=CCN(C(=O)c3cc(CN(C)C)nn3C)[C@@H]21. The lowest BCUT2D eigenvalue weighted by Crippen LogP contribution is -2.43. The van der Waals surface area contributed by atoms with Crippen molar-refractivity contribution >= 4 is 21.8 Å². The number of aryl methyl sites for hydroxylation is 1. The number of sulfonamides is 1. The van der Waals surface area contributed by atoms with Gasteiger partial charge in [0.25, 0.3) is 5.91 Å². The molecular weight excluding hydrogens is 382 g/mol. The van der Waals surface area contributed by atoms with Crippen LogP contribution in [-0.4, -0.2) is 77.1 Å². The first-order valence-corrected chi connectivity index (χ1v) is 11.0. The van der Waals surface area contributed by atoms with Gasteiger partial charge >= 0.3 is 0 Å². The van der Waals surface area contributed by atoms with Gasteiger partial charge in [-0.15, -0.1) is 0 Å². The summed E-state index contributed by atoms with van der Waals surface area (Å²) in [5, 5.41) is 4.39. The fourth-order valence-electron chi connectivity index (χ4n) is 4.05. The Hall–Kier alpha value is -2.20. The molecule has 0 aromatic carbocycles. The zero-order valence-electron chi connectivity index (χ0n) is 17.1. The fraction of sp³-hybridized carbons (Fsp3) is 0.611. The summed E-state index contributed by atoms with van der Waals surface area (Å²) in [5.74, 6) is -1.44. The van der Waals surface area contributed by atoms with Crippen LogP contribution in [0, 0.1) is 11.8 Å². The molecule has 0 N–H and O–H groups in total. The minimum atomic E-state index is -3.75. The molecule has 0 spiro atoms. The number of amides is 2. The first-order chi connectivity index (χ1) is 12.9. The normalized spacial score (nSPS) is 22.4. The summed E-state index contributed by atoms with van der Waals surface area (Å²) in [6.45, 7) is 4.59. The first kappa shape index (κ1) is 20.5. The van der Waals surface area contributed by atoms with E-state index in [9.17, 15) is 18.0 Å². The number of hydrogen-bond donors (Lipinski definition) is 0. The van der Waals surface area contributed by atoms with E-state index in [0.717, 1.165) is 16.3 Å². The van der Waals surface area contributed by atoms with Crippen LogP contribution in [0.3, 0.4) is 0 Å². The van der Waals surface area contributed by atoms with Gasteiger partial charge in [-0.25, -0.2) is 12.7 Å². The van der Waals surface area contributed by atoms with E-state index >= 15 is 0 Å². The van der Waals surface area contributed by atoms with E-state index in [-0.39, 0.29) is 18.4 Å². The van der Waals surface area contributed by atoms with Gasteiger partial charge in [0.1, 0.15) is 5.69 Å². The predicted octanol–water partition coefficient (Wildman–Crippen LogP) is 0.264. The van der Waals surface area contributed by atoms with Gasteiger partial charge in [0, 0.05) is 20.1 Å². The van der Waals surface area contributed by atoms with Crippen molar-refractivity contribution in [2.75, 3.05) is 26.9 Å². The molecule has 28 heavy (non-hydrogen) atoms. The van der Waals surface area contributed by atoms with E-state index in [1.807, 2.05) is 32.8 Å². The second-order valence-electron chi connectivity index (χ2n) is 8.05. The van der Waals surface area contributed by atoms with Crippen LogP contribution in [0.5, 0.6) is 0 Å².